The predicted octanol–water partition coefficient (Wildman–Crippen LogP) is 4.25. The van der Waals surface area contributed by atoms with Crippen molar-refractivity contribution in [3.8, 4) is 5.75 Å². The highest BCUT2D eigenvalue weighted by atomic mass is 16.5. The molecule has 0 fully saturated rings. The number of para-hydroxylation sites is 1. The monoisotopic (exact) mass is 234 g/mol. The van der Waals surface area contributed by atoms with Crippen molar-refractivity contribution < 1.29 is 9.53 Å². The molecule has 0 N–H and O–H groups in total. The van der Waals surface area contributed by atoms with E-state index in [4.69, 9.17) is 4.74 Å². The fourth-order valence-electron chi connectivity index (χ4n) is 1.79. The van der Waals surface area contributed by atoms with Crippen LogP contribution in [0.4, 0.5) is 0 Å². The van der Waals surface area contributed by atoms with Crippen LogP contribution >= 0.6 is 0 Å². The van der Waals surface area contributed by atoms with Crippen molar-refractivity contribution in [3.05, 3.63) is 29.3 Å². The third-order valence-electron chi connectivity index (χ3n) is 2.82. The standard InChI is InChI=1S/C15H22O2/c1-6-14(16)17-15-12(10(2)3)8-7-9-13(15)11(4)5/h7-11H,6H2,1-5H3. The van der Waals surface area contributed by atoms with Crippen LogP contribution in [-0.2, 0) is 4.79 Å². The molecule has 0 amide bonds. The van der Waals surface area contributed by atoms with Crippen molar-refractivity contribution in [1.29, 1.82) is 0 Å². The van der Waals surface area contributed by atoms with E-state index in [-0.39, 0.29) is 5.97 Å². The summed E-state index contributed by atoms with van der Waals surface area (Å²) in [5.74, 6) is 1.31. The Hall–Kier alpha value is -1.31. The summed E-state index contributed by atoms with van der Waals surface area (Å²) < 4.78 is 5.51. The summed E-state index contributed by atoms with van der Waals surface area (Å²) in [7, 11) is 0. The first kappa shape index (κ1) is 13.8. The molecule has 0 heterocycles. The smallest absolute Gasteiger partial charge is 0.310 e. The molecule has 0 saturated heterocycles. The van der Waals surface area contributed by atoms with Crippen molar-refractivity contribution in [3.63, 3.8) is 0 Å². The number of rotatable bonds is 4. The molecule has 0 bridgehead atoms. The number of carbonyl (C=O) groups excluding carboxylic acids is 1. The predicted molar refractivity (Wildman–Crippen MR) is 70.5 cm³/mol. The fourth-order valence-corrected chi connectivity index (χ4v) is 1.79. The van der Waals surface area contributed by atoms with E-state index in [0.29, 0.717) is 18.3 Å². The lowest BCUT2D eigenvalue weighted by Crippen LogP contribution is -2.10. The number of benzene rings is 1. The first-order valence-electron chi connectivity index (χ1n) is 6.30. The van der Waals surface area contributed by atoms with Gasteiger partial charge in [0.1, 0.15) is 5.75 Å². The fraction of sp³-hybridized carbons (Fsp3) is 0.533. The molecule has 0 aliphatic rings. The summed E-state index contributed by atoms with van der Waals surface area (Å²) in [6.07, 6.45) is 0.407. The van der Waals surface area contributed by atoms with E-state index in [1.165, 1.54) is 0 Å². The van der Waals surface area contributed by atoms with Crippen LogP contribution < -0.4 is 4.74 Å². The van der Waals surface area contributed by atoms with Crippen molar-refractivity contribution in [2.75, 3.05) is 0 Å². The zero-order valence-electron chi connectivity index (χ0n) is 11.4. The molecule has 94 valence electrons. The van der Waals surface area contributed by atoms with E-state index in [9.17, 15) is 4.79 Å². The summed E-state index contributed by atoms with van der Waals surface area (Å²) in [4.78, 5) is 11.5. The van der Waals surface area contributed by atoms with Gasteiger partial charge >= 0.3 is 5.97 Å². The highest BCUT2D eigenvalue weighted by molar-refractivity contribution is 5.73. The minimum Gasteiger partial charge on any atom is -0.426 e. The quantitative estimate of drug-likeness (QED) is 0.575. The van der Waals surface area contributed by atoms with Crippen LogP contribution in [-0.4, -0.2) is 5.97 Å². The summed E-state index contributed by atoms with van der Waals surface area (Å²) in [6, 6.07) is 6.11. The van der Waals surface area contributed by atoms with Crippen molar-refractivity contribution in [1.82, 2.24) is 0 Å². The van der Waals surface area contributed by atoms with Crippen LogP contribution in [0.25, 0.3) is 0 Å². The molecule has 1 aromatic rings. The second-order valence-corrected chi connectivity index (χ2v) is 4.90. The number of ether oxygens (including phenoxy) is 1. The molecule has 1 aromatic carbocycles. The topological polar surface area (TPSA) is 26.3 Å². The highest BCUT2D eigenvalue weighted by Gasteiger charge is 2.16. The lowest BCUT2D eigenvalue weighted by molar-refractivity contribution is -0.134. The Morgan fingerprint density at radius 1 is 1.12 bits per heavy atom. The van der Waals surface area contributed by atoms with Crippen LogP contribution in [0.2, 0.25) is 0 Å². The molecule has 0 aliphatic heterocycles. The third kappa shape index (κ3) is 3.32. The van der Waals surface area contributed by atoms with Crippen LogP contribution in [0.15, 0.2) is 18.2 Å². The minimum atomic E-state index is -0.167. The van der Waals surface area contributed by atoms with Crippen LogP contribution in [0.1, 0.15) is 64.0 Å². The highest BCUT2D eigenvalue weighted by Crippen LogP contribution is 2.34. The second-order valence-electron chi connectivity index (χ2n) is 4.90. The van der Waals surface area contributed by atoms with E-state index in [1.54, 1.807) is 0 Å². The van der Waals surface area contributed by atoms with Crippen molar-refractivity contribution >= 4 is 5.97 Å². The van der Waals surface area contributed by atoms with Crippen molar-refractivity contribution in [2.24, 2.45) is 0 Å². The Morgan fingerprint density at radius 3 is 1.94 bits per heavy atom. The van der Waals surface area contributed by atoms with E-state index < -0.39 is 0 Å². The summed E-state index contributed by atoms with van der Waals surface area (Å²) >= 11 is 0. The second kappa shape index (κ2) is 5.85. The average Bonchev–Trinajstić information content (AvgIpc) is 2.28. The Labute approximate surface area is 104 Å². The number of hydrogen-bond acceptors (Lipinski definition) is 2. The zero-order valence-corrected chi connectivity index (χ0v) is 11.4. The largest absolute Gasteiger partial charge is 0.426 e. The van der Waals surface area contributed by atoms with E-state index >= 15 is 0 Å². The van der Waals surface area contributed by atoms with Crippen LogP contribution in [0, 0.1) is 0 Å². The van der Waals surface area contributed by atoms with Gasteiger partial charge in [-0.1, -0.05) is 52.8 Å². The molecule has 0 aromatic heterocycles. The third-order valence-corrected chi connectivity index (χ3v) is 2.82. The molecule has 0 atom stereocenters. The van der Waals surface area contributed by atoms with Gasteiger partial charge in [0.05, 0.1) is 0 Å². The summed E-state index contributed by atoms with van der Waals surface area (Å²) in [6.45, 7) is 10.3. The van der Waals surface area contributed by atoms with Crippen molar-refractivity contribution in [2.45, 2.75) is 52.9 Å². The Morgan fingerprint density at radius 2 is 1.59 bits per heavy atom. The first-order valence-corrected chi connectivity index (χ1v) is 6.30. The zero-order chi connectivity index (χ0) is 13.0. The lowest BCUT2D eigenvalue weighted by Gasteiger charge is -2.18. The van der Waals surface area contributed by atoms with Gasteiger partial charge in [0.25, 0.3) is 0 Å². The van der Waals surface area contributed by atoms with Gasteiger partial charge in [0.15, 0.2) is 0 Å². The van der Waals surface area contributed by atoms with Gasteiger partial charge in [-0.2, -0.15) is 0 Å². The van der Waals surface area contributed by atoms with Gasteiger partial charge in [-0.25, -0.2) is 0 Å². The van der Waals surface area contributed by atoms with Crippen LogP contribution in [0.5, 0.6) is 5.75 Å². The molecule has 17 heavy (non-hydrogen) atoms. The average molecular weight is 234 g/mol. The first-order chi connectivity index (χ1) is 7.97. The maximum Gasteiger partial charge on any atom is 0.310 e. The molecule has 0 radical (unpaired) electrons. The van der Waals surface area contributed by atoms with E-state index in [1.807, 2.05) is 25.1 Å². The molecule has 0 saturated carbocycles. The molecular weight excluding hydrogens is 212 g/mol. The van der Waals surface area contributed by atoms with Gasteiger partial charge in [-0.3, -0.25) is 4.79 Å². The minimum absolute atomic E-state index is 0.167. The Kier molecular flexibility index (Phi) is 4.73. The van der Waals surface area contributed by atoms with Crippen LogP contribution in [0.3, 0.4) is 0 Å². The summed E-state index contributed by atoms with van der Waals surface area (Å²) in [5, 5.41) is 0. The molecular formula is C15H22O2. The number of carbonyl (C=O) groups is 1. The molecule has 2 heteroatoms. The van der Waals surface area contributed by atoms with Gasteiger partial charge < -0.3 is 4.74 Å². The lowest BCUT2D eigenvalue weighted by atomic mass is 9.94. The van der Waals surface area contributed by atoms with Gasteiger partial charge in [0, 0.05) is 6.42 Å². The Bertz CT molecular complexity index is 366. The van der Waals surface area contributed by atoms with E-state index in [2.05, 4.69) is 27.7 Å². The number of hydrogen-bond donors (Lipinski definition) is 0. The Balaban J connectivity index is 3.23. The molecule has 0 aliphatic carbocycles. The molecule has 1 rings (SSSR count). The normalized spacial score (nSPS) is 11.0. The summed E-state index contributed by atoms with van der Waals surface area (Å²) in [5.41, 5.74) is 2.22. The van der Waals surface area contributed by atoms with Gasteiger partial charge in [0.2, 0.25) is 0 Å². The van der Waals surface area contributed by atoms with E-state index in [0.717, 1.165) is 16.9 Å². The number of esters is 1. The maximum atomic E-state index is 11.5. The van der Waals surface area contributed by atoms with Gasteiger partial charge in [-0.15, -0.1) is 0 Å². The molecule has 0 unspecified atom stereocenters. The van der Waals surface area contributed by atoms with Gasteiger partial charge in [-0.05, 0) is 23.0 Å². The molecule has 0 spiro atoms. The maximum absolute atomic E-state index is 11.5. The SMILES string of the molecule is CCC(=O)Oc1c(C(C)C)cccc1C(C)C. The molecule has 2 nitrogen and oxygen atoms in total.